The highest BCUT2D eigenvalue weighted by molar-refractivity contribution is 5.91. The number of aromatic nitrogens is 2. The summed E-state index contributed by atoms with van der Waals surface area (Å²) in [4.78, 5) is 19.7. The molecule has 0 aliphatic carbocycles. The maximum Gasteiger partial charge on any atom is 0.271 e. The molecule has 0 fully saturated rings. The van der Waals surface area contributed by atoms with Gasteiger partial charge >= 0.3 is 0 Å². The number of ether oxygens (including phenoxy) is 1. The second kappa shape index (κ2) is 7.60. The number of carbonyl (C=O) groups is 1. The van der Waals surface area contributed by atoms with Gasteiger partial charge in [-0.1, -0.05) is 13.8 Å². The summed E-state index contributed by atoms with van der Waals surface area (Å²) in [5, 5.41) is 5.56. The zero-order valence-electron chi connectivity index (χ0n) is 11.1. The molecule has 0 unspecified atom stereocenters. The van der Waals surface area contributed by atoms with Gasteiger partial charge in [-0.2, -0.15) is 0 Å². The molecule has 1 rings (SSSR count). The summed E-state index contributed by atoms with van der Waals surface area (Å²) in [6, 6.07) is 0. The van der Waals surface area contributed by atoms with Gasteiger partial charge in [0.25, 0.3) is 5.91 Å². The fourth-order valence-corrected chi connectivity index (χ4v) is 1.22. The molecule has 0 aliphatic rings. The lowest BCUT2D eigenvalue weighted by Crippen LogP contribution is -2.28. The molecule has 0 saturated heterocycles. The average Bonchev–Trinajstić information content (AvgIpc) is 2.38. The van der Waals surface area contributed by atoms with Crippen LogP contribution in [0.5, 0.6) is 0 Å². The predicted octanol–water partition coefficient (Wildman–Crippen LogP) is 0.921. The molecule has 1 amide bonds. The average molecular weight is 252 g/mol. The molecule has 0 aromatic carbocycles. The third-order valence-electron chi connectivity index (χ3n) is 2.12. The molecule has 0 aliphatic heterocycles. The Bertz CT molecular complexity index is 365. The van der Waals surface area contributed by atoms with Gasteiger partial charge in [-0.05, 0) is 5.92 Å². The van der Waals surface area contributed by atoms with Gasteiger partial charge in [-0.15, -0.1) is 0 Å². The smallest absolute Gasteiger partial charge is 0.271 e. The topological polar surface area (TPSA) is 76.1 Å². The fourth-order valence-electron chi connectivity index (χ4n) is 1.22. The van der Waals surface area contributed by atoms with Crippen molar-refractivity contribution in [1.82, 2.24) is 15.3 Å². The molecule has 1 aromatic heterocycles. The Kier molecular flexibility index (Phi) is 6.07. The highest BCUT2D eigenvalue weighted by atomic mass is 16.5. The first-order chi connectivity index (χ1) is 8.63. The minimum atomic E-state index is -0.238. The molecule has 6 heteroatoms. The zero-order valence-corrected chi connectivity index (χ0v) is 11.1. The number of nitrogens with one attached hydrogen (secondary N) is 2. The van der Waals surface area contributed by atoms with Crippen LogP contribution in [0.2, 0.25) is 0 Å². The van der Waals surface area contributed by atoms with Crippen LogP contribution in [0.15, 0.2) is 12.4 Å². The van der Waals surface area contributed by atoms with Crippen molar-refractivity contribution < 1.29 is 9.53 Å². The van der Waals surface area contributed by atoms with E-state index in [4.69, 9.17) is 4.74 Å². The number of rotatable bonds is 7. The second-order valence-electron chi connectivity index (χ2n) is 4.26. The van der Waals surface area contributed by atoms with Crippen LogP contribution in [0.3, 0.4) is 0 Å². The van der Waals surface area contributed by atoms with Gasteiger partial charge in [0.15, 0.2) is 0 Å². The minimum absolute atomic E-state index is 0.238. The Balaban J connectivity index is 2.27. The lowest BCUT2D eigenvalue weighted by molar-refractivity contribution is 0.0882. The normalized spacial score (nSPS) is 10.4. The molecule has 18 heavy (non-hydrogen) atoms. The molecule has 0 spiro atoms. The number of nitrogens with zero attached hydrogens (tertiary/aromatic N) is 2. The number of hydrogen-bond acceptors (Lipinski definition) is 5. The fraction of sp³-hybridized carbons (Fsp3) is 0.583. The maximum absolute atomic E-state index is 11.7. The molecule has 6 nitrogen and oxygen atoms in total. The number of anilines is 1. The van der Waals surface area contributed by atoms with Crippen molar-refractivity contribution in [3.05, 3.63) is 18.1 Å². The molecule has 0 radical (unpaired) electrons. The molecule has 0 atom stereocenters. The summed E-state index contributed by atoms with van der Waals surface area (Å²) in [6.45, 7) is 5.84. The van der Waals surface area contributed by atoms with Gasteiger partial charge in [0.2, 0.25) is 0 Å². The third kappa shape index (κ3) is 5.09. The number of carbonyl (C=O) groups excluding carboxylic acids is 1. The maximum atomic E-state index is 11.7. The van der Waals surface area contributed by atoms with Crippen LogP contribution in [0.4, 0.5) is 5.82 Å². The predicted molar refractivity (Wildman–Crippen MR) is 69.6 cm³/mol. The van der Waals surface area contributed by atoms with E-state index < -0.39 is 0 Å². The first-order valence-corrected chi connectivity index (χ1v) is 5.99. The van der Waals surface area contributed by atoms with Crippen molar-refractivity contribution in [3.8, 4) is 0 Å². The summed E-state index contributed by atoms with van der Waals surface area (Å²) in [5.41, 5.74) is 0.304. The van der Waals surface area contributed by atoms with E-state index in [1.54, 1.807) is 7.05 Å². The van der Waals surface area contributed by atoms with Crippen LogP contribution >= 0.6 is 0 Å². The van der Waals surface area contributed by atoms with Crippen molar-refractivity contribution >= 4 is 11.7 Å². The molecule has 0 bridgehead atoms. The number of hydrogen-bond donors (Lipinski definition) is 2. The Morgan fingerprint density at radius 2 is 2.17 bits per heavy atom. The van der Waals surface area contributed by atoms with Crippen molar-refractivity contribution in [1.29, 1.82) is 0 Å². The summed E-state index contributed by atoms with van der Waals surface area (Å²) in [5.74, 6) is 0.894. The Hall–Kier alpha value is -1.69. The van der Waals surface area contributed by atoms with E-state index >= 15 is 0 Å². The Labute approximate surface area is 107 Å². The SMILES string of the molecule is CNc1cnc(C(=O)NCCOCC(C)C)cn1. The second-order valence-corrected chi connectivity index (χ2v) is 4.26. The lowest BCUT2D eigenvalue weighted by Gasteiger charge is -2.07. The van der Waals surface area contributed by atoms with Crippen LogP contribution in [0.25, 0.3) is 0 Å². The molecular weight excluding hydrogens is 232 g/mol. The lowest BCUT2D eigenvalue weighted by atomic mass is 10.2. The van der Waals surface area contributed by atoms with Gasteiger partial charge in [0.1, 0.15) is 11.5 Å². The van der Waals surface area contributed by atoms with Crippen molar-refractivity contribution in [2.45, 2.75) is 13.8 Å². The van der Waals surface area contributed by atoms with E-state index in [-0.39, 0.29) is 5.91 Å². The third-order valence-corrected chi connectivity index (χ3v) is 2.12. The van der Waals surface area contributed by atoms with E-state index in [0.717, 1.165) is 0 Å². The van der Waals surface area contributed by atoms with Crippen LogP contribution in [0, 0.1) is 5.92 Å². The van der Waals surface area contributed by atoms with Gasteiger partial charge in [-0.3, -0.25) is 4.79 Å². The molecular formula is C12H20N4O2. The standard InChI is InChI=1S/C12H20N4O2/c1-9(2)8-18-5-4-14-12(17)10-6-16-11(13-3)7-15-10/h6-7,9H,4-5,8H2,1-3H3,(H,13,16)(H,14,17). The van der Waals surface area contributed by atoms with Crippen LogP contribution < -0.4 is 10.6 Å². The first kappa shape index (κ1) is 14.4. The van der Waals surface area contributed by atoms with Crippen molar-refractivity contribution in [2.75, 3.05) is 32.1 Å². The highest BCUT2D eigenvalue weighted by Gasteiger charge is 2.06. The Morgan fingerprint density at radius 3 is 2.72 bits per heavy atom. The van der Waals surface area contributed by atoms with Gasteiger partial charge in [-0.25, -0.2) is 9.97 Å². The molecule has 0 saturated carbocycles. The molecule has 2 N–H and O–H groups in total. The van der Waals surface area contributed by atoms with Crippen LogP contribution in [0.1, 0.15) is 24.3 Å². The molecule has 1 aromatic rings. The zero-order chi connectivity index (χ0) is 13.4. The van der Waals surface area contributed by atoms with Crippen molar-refractivity contribution in [2.24, 2.45) is 5.92 Å². The van der Waals surface area contributed by atoms with Gasteiger partial charge in [0.05, 0.1) is 19.0 Å². The summed E-state index contributed by atoms with van der Waals surface area (Å²) in [7, 11) is 1.75. The highest BCUT2D eigenvalue weighted by Crippen LogP contribution is 1.99. The largest absolute Gasteiger partial charge is 0.379 e. The Morgan fingerprint density at radius 1 is 1.39 bits per heavy atom. The van der Waals surface area contributed by atoms with E-state index in [0.29, 0.717) is 37.2 Å². The number of amides is 1. The summed E-state index contributed by atoms with van der Waals surface area (Å²) >= 11 is 0. The quantitative estimate of drug-likeness (QED) is 0.706. The van der Waals surface area contributed by atoms with Gasteiger partial charge in [0, 0.05) is 20.2 Å². The van der Waals surface area contributed by atoms with E-state index in [9.17, 15) is 4.79 Å². The summed E-state index contributed by atoms with van der Waals surface area (Å²) in [6.07, 6.45) is 2.96. The van der Waals surface area contributed by atoms with Crippen LogP contribution in [-0.4, -0.2) is 42.7 Å². The van der Waals surface area contributed by atoms with E-state index in [2.05, 4.69) is 34.4 Å². The minimum Gasteiger partial charge on any atom is -0.379 e. The van der Waals surface area contributed by atoms with E-state index in [1.165, 1.54) is 12.4 Å². The monoisotopic (exact) mass is 252 g/mol. The van der Waals surface area contributed by atoms with Crippen LogP contribution in [-0.2, 0) is 4.74 Å². The summed E-state index contributed by atoms with van der Waals surface area (Å²) < 4.78 is 5.36. The van der Waals surface area contributed by atoms with Crippen molar-refractivity contribution in [3.63, 3.8) is 0 Å². The molecule has 100 valence electrons. The first-order valence-electron chi connectivity index (χ1n) is 5.99. The molecule has 1 heterocycles. The van der Waals surface area contributed by atoms with Gasteiger partial charge < -0.3 is 15.4 Å². The van der Waals surface area contributed by atoms with E-state index in [1.807, 2.05) is 0 Å².